The van der Waals surface area contributed by atoms with E-state index in [2.05, 4.69) is 0 Å². The number of aliphatic hydroxyl groups excluding tert-OH is 1. The van der Waals surface area contributed by atoms with Crippen molar-refractivity contribution in [1.82, 2.24) is 0 Å². The lowest BCUT2D eigenvalue weighted by molar-refractivity contribution is 0.236. The van der Waals surface area contributed by atoms with Gasteiger partial charge in [-0.15, -0.1) is 0 Å². The zero-order valence-corrected chi connectivity index (χ0v) is 8.46. The summed E-state index contributed by atoms with van der Waals surface area (Å²) in [5.41, 5.74) is 0.589. The first-order valence-electron chi connectivity index (χ1n) is 4.61. The number of rotatable bonds is 4. The highest BCUT2D eigenvalue weighted by atomic mass is 19.1. The summed E-state index contributed by atoms with van der Waals surface area (Å²) in [6, 6.07) is 5.05. The largest absolute Gasteiger partial charge is 0.494 e. The highest BCUT2D eigenvalue weighted by Gasteiger charge is 2.10. The van der Waals surface area contributed by atoms with Crippen LogP contribution in [0.3, 0.4) is 0 Å². The first-order valence-corrected chi connectivity index (χ1v) is 4.61. The molecule has 1 aromatic carbocycles. The van der Waals surface area contributed by atoms with Crippen LogP contribution in [0.1, 0.15) is 12.5 Å². The molecule has 1 unspecified atom stereocenters. The number of methoxy groups -OCH3 is 1. The molecule has 0 heterocycles. The fraction of sp³-hybridized carbons (Fsp3) is 0.455. The molecule has 0 bridgehead atoms. The zero-order chi connectivity index (χ0) is 10.6. The van der Waals surface area contributed by atoms with E-state index in [4.69, 9.17) is 9.84 Å². The summed E-state index contributed by atoms with van der Waals surface area (Å²) in [6.07, 6.45) is 0.527. The van der Waals surface area contributed by atoms with Gasteiger partial charge in [-0.3, -0.25) is 0 Å². The lowest BCUT2D eigenvalue weighted by atomic mass is 10.0. The molecule has 0 fully saturated rings. The summed E-state index contributed by atoms with van der Waals surface area (Å²) in [4.78, 5) is 0. The Balaban J connectivity index is 2.86. The van der Waals surface area contributed by atoms with Crippen molar-refractivity contribution < 1.29 is 14.2 Å². The zero-order valence-electron chi connectivity index (χ0n) is 8.46. The van der Waals surface area contributed by atoms with Gasteiger partial charge in [0.2, 0.25) is 0 Å². The summed E-state index contributed by atoms with van der Waals surface area (Å²) in [5, 5.41) is 8.86. The number of hydrogen-bond acceptors (Lipinski definition) is 2. The van der Waals surface area contributed by atoms with Crippen LogP contribution in [0.25, 0.3) is 0 Å². The van der Waals surface area contributed by atoms with Gasteiger partial charge in [0.25, 0.3) is 0 Å². The molecule has 0 aliphatic rings. The predicted molar refractivity (Wildman–Crippen MR) is 52.9 cm³/mol. The van der Waals surface area contributed by atoms with Crippen molar-refractivity contribution in [3.05, 3.63) is 29.6 Å². The van der Waals surface area contributed by atoms with Gasteiger partial charge in [-0.2, -0.15) is 0 Å². The van der Waals surface area contributed by atoms with Crippen LogP contribution in [-0.4, -0.2) is 18.8 Å². The molecule has 0 amide bonds. The summed E-state index contributed by atoms with van der Waals surface area (Å²) in [5.74, 6) is -0.000420. The van der Waals surface area contributed by atoms with Crippen LogP contribution in [0.15, 0.2) is 18.2 Å². The molecule has 0 aliphatic heterocycles. The lowest BCUT2D eigenvalue weighted by Gasteiger charge is -2.10. The highest BCUT2D eigenvalue weighted by Crippen LogP contribution is 2.21. The van der Waals surface area contributed by atoms with E-state index in [9.17, 15) is 4.39 Å². The Hall–Kier alpha value is -1.09. The standard InChI is InChI=1S/C11H15FO2/c1-8(7-13)6-9-4-3-5-10(14-2)11(9)12/h3-5,8,13H,6-7H2,1-2H3. The highest BCUT2D eigenvalue weighted by molar-refractivity contribution is 5.31. The molecule has 1 aromatic rings. The summed E-state index contributed by atoms with van der Waals surface area (Å²) in [7, 11) is 1.44. The Morgan fingerprint density at radius 3 is 2.79 bits per heavy atom. The predicted octanol–water partition coefficient (Wildman–Crippen LogP) is 2.01. The van der Waals surface area contributed by atoms with E-state index in [1.165, 1.54) is 7.11 Å². The van der Waals surface area contributed by atoms with Crippen LogP contribution in [0, 0.1) is 11.7 Å². The quantitative estimate of drug-likeness (QED) is 0.801. The molecule has 1 rings (SSSR count). The third kappa shape index (κ3) is 2.45. The number of hydrogen-bond donors (Lipinski definition) is 1. The minimum Gasteiger partial charge on any atom is -0.494 e. The van der Waals surface area contributed by atoms with E-state index in [1.807, 2.05) is 6.92 Å². The average Bonchev–Trinajstić information content (AvgIpc) is 2.21. The van der Waals surface area contributed by atoms with Crippen LogP contribution in [-0.2, 0) is 6.42 Å². The molecule has 0 radical (unpaired) electrons. The first kappa shape index (κ1) is 11.0. The number of halogens is 1. The van der Waals surface area contributed by atoms with Crippen molar-refractivity contribution in [3.63, 3.8) is 0 Å². The molecule has 1 N–H and O–H groups in total. The molecule has 0 spiro atoms. The molecule has 0 aliphatic carbocycles. The average molecular weight is 198 g/mol. The van der Waals surface area contributed by atoms with E-state index in [0.717, 1.165) is 0 Å². The second-order valence-corrected chi connectivity index (χ2v) is 3.43. The van der Waals surface area contributed by atoms with Crippen molar-refractivity contribution in [2.45, 2.75) is 13.3 Å². The van der Waals surface area contributed by atoms with Crippen molar-refractivity contribution in [2.24, 2.45) is 5.92 Å². The van der Waals surface area contributed by atoms with Gasteiger partial charge in [-0.1, -0.05) is 19.1 Å². The van der Waals surface area contributed by atoms with Crippen LogP contribution >= 0.6 is 0 Å². The normalized spacial score (nSPS) is 12.6. The van der Waals surface area contributed by atoms with E-state index in [0.29, 0.717) is 12.0 Å². The maximum Gasteiger partial charge on any atom is 0.168 e. The van der Waals surface area contributed by atoms with Crippen molar-refractivity contribution in [3.8, 4) is 5.75 Å². The number of benzene rings is 1. The molecule has 0 aromatic heterocycles. The van der Waals surface area contributed by atoms with Gasteiger partial charge in [0, 0.05) is 6.61 Å². The summed E-state index contributed by atoms with van der Waals surface area (Å²) in [6.45, 7) is 1.94. The SMILES string of the molecule is COc1cccc(CC(C)CO)c1F. The maximum absolute atomic E-state index is 13.6. The lowest BCUT2D eigenvalue weighted by Crippen LogP contribution is -2.06. The van der Waals surface area contributed by atoms with Gasteiger partial charge in [-0.25, -0.2) is 4.39 Å². The van der Waals surface area contributed by atoms with Gasteiger partial charge in [0.1, 0.15) is 0 Å². The second kappa shape index (κ2) is 4.96. The van der Waals surface area contributed by atoms with Crippen molar-refractivity contribution in [1.29, 1.82) is 0 Å². The van der Waals surface area contributed by atoms with E-state index in [1.54, 1.807) is 18.2 Å². The van der Waals surface area contributed by atoms with Gasteiger partial charge in [0.05, 0.1) is 7.11 Å². The molecule has 14 heavy (non-hydrogen) atoms. The monoisotopic (exact) mass is 198 g/mol. The Morgan fingerprint density at radius 2 is 2.21 bits per heavy atom. The van der Waals surface area contributed by atoms with Crippen LogP contribution in [0.5, 0.6) is 5.75 Å². The smallest absolute Gasteiger partial charge is 0.168 e. The minimum absolute atomic E-state index is 0.0661. The van der Waals surface area contributed by atoms with Crippen LogP contribution < -0.4 is 4.74 Å². The Bertz CT molecular complexity index is 299. The Kier molecular flexibility index (Phi) is 3.89. The van der Waals surface area contributed by atoms with Gasteiger partial charge < -0.3 is 9.84 Å². The van der Waals surface area contributed by atoms with Crippen LogP contribution in [0.2, 0.25) is 0 Å². The van der Waals surface area contributed by atoms with E-state index >= 15 is 0 Å². The van der Waals surface area contributed by atoms with Crippen molar-refractivity contribution in [2.75, 3.05) is 13.7 Å². The van der Waals surface area contributed by atoms with Crippen LogP contribution in [0.4, 0.5) is 4.39 Å². The van der Waals surface area contributed by atoms with Gasteiger partial charge in [0.15, 0.2) is 11.6 Å². The van der Waals surface area contributed by atoms with Gasteiger partial charge >= 0.3 is 0 Å². The topological polar surface area (TPSA) is 29.5 Å². The Labute approximate surface area is 83.3 Å². The Morgan fingerprint density at radius 1 is 1.50 bits per heavy atom. The molecule has 0 saturated heterocycles. The fourth-order valence-electron chi connectivity index (χ4n) is 1.31. The fourth-order valence-corrected chi connectivity index (χ4v) is 1.31. The summed E-state index contributed by atoms with van der Waals surface area (Å²) < 4.78 is 18.4. The first-order chi connectivity index (χ1) is 6.69. The molecule has 3 heteroatoms. The summed E-state index contributed by atoms with van der Waals surface area (Å²) >= 11 is 0. The number of ether oxygens (including phenoxy) is 1. The molecule has 0 saturated carbocycles. The molecule has 2 nitrogen and oxygen atoms in total. The van der Waals surface area contributed by atoms with E-state index in [-0.39, 0.29) is 24.1 Å². The van der Waals surface area contributed by atoms with Crippen molar-refractivity contribution >= 4 is 0 Å². The van der Waals surface area contributed by atoms with Gasteiger partial charge in [-0.05, 0) is 24.0 Å². The molecular weight excluding hydrogens is 183 g/mol. The molecule has 1 atom stereocenters. The maximum atomic E-state index is 13.6. The molecular formula is C11H15FO2. The third-order valence-electron chi connectivity index (χ3n) is 2.14. The minimum atomic E-state index is -0.324. The third-order valence-corrected chi connectivity index (χ3v) is 2.14. The second-order valence-electron chi connectivity index (χ2n) is 3.43. The van der Waals surface area contributed by atoms with E-state index < -0.39 is 0 Å². The number of aliphatic hydroxyl groups is 1. The molecule has 78 valence electrons.